The van der Waals surface area contributed by atoms with Gasteiger partial charge in [0.1, 0.15) is 11.4 Å². The van der Waals surface area contributed by atoms with Gasteiger partial charge in [-0.2, -0.15) is 4.99 Å². The van der Waals surface area contributed by atoms with Crippen molar-refractivity contribution in [2.75, 3.05) is 18.0 Å². The van der Waals surface area contributed by atoms with Crippen LogP contribution in [0.15, 0.2) is 53.7 Å². The van der Waals surface area contributed by atoms with Gasteiger partial charge in [0, 0.05) is 31.5 Å². The number of anilines is 1. The van der Waals surface area contributed by atoms with E-state index in [-0.39, 0.29) is 18.2 Å². The minimum atomic E-state index is -0.962. The van der Waals surface area contributed by atoms with Crippen LogP contribution in [0.5, 0.6) is 0 Å². The van der Waals surface area contributed by atoms with Crippen molar-refractivity contribution in [1.82, 2.24) is 10.2 Å². The molecule has 4 rings (SSSR count). The molecule has 6 nitrogen and oxygen atoms in total. The number of carbonyl (C=O) groups excluding carboxylic acids is 2. The van der Waals surface area contributed by atoms with Gasteiger partial charge in [-0.05, 0) is 56.0 Å². The fourth-order valence-electron chi connectivity index (χ4n) is 4.02. The quantitative estimate of drug-likeness (QED) is 0.856. The van der Waals surface area contributed by atoms with Gasteiger partial charge in [-0.25, -0.2) is 0 Å². The highest BCUT2D eigenvalue weighted by Crippen LogP contribution is 2.30. The van der Waals surface area contributed by atoms with Crippen molar-refractivity contribution in [2.45, 2.75) is 44.7 Å². The van der Waals surface area contributed by atoms with Gasteiger partial charge in [-0.15, -0.1) is 0 Å². The number of amides is 2. The second-order valence-corrected chi connectivity index (χ2v) is 7.79. The third-order valence-electron chi connectivity index (χ3n) is 5.67. The molecule has 146 valence electrons. The topological polar surface area (TPSA) is 65.0 Å². The number of amidine groups is 1. The Bertz CT molecular complexity index is 867. The molecule has 0 bridgehead atoms. The minimum absolute atomic E-state index is 0.0723. The number of benzene rings is 1. The Morgan fingerprint density at radius 1 is 1.21 bits per heavy atom. The summed E-state index contributed by atoms with van der Waals surface area (Å²) >= 11 is 0. The Morgan fingerprint density at radius 2 is 2.04 bits per heavy atom. The van der Waals surface area contributed by atoms with E-state index in [1.807, 2.05) is 24.3 Å². The summed E-state index contributed by atoms with van der Waals surface area (Å²) in [5.41, 5.74) is 1.32. The molecule has 0 aliphatic carbocycles. The van der Waals surface area contributed by atoms with Gasteiger partial charge < -0.3 is 15.1 Å². The van der Waals surface area contributed by atoms with Crippen molar-refractivity contribution in [3.63, 3.8) is 0 Å². The predicted molar refractivity (Wildman–Crippen MR) is 110 cm³/mol. The zero-order valence-electron chi connectivity index (χ0n) is 16.2. The van der Waals surface area contributed by atoms with Crippen LogP contribution in [0, 0.1) is 0 Å². The Kier molecular flexibility index (Phi) is 5.03. The van der Waals surface area contributed by atoms with E-state index in [9.17, 15) is 9.59 Å². The lowest BCUT2D eigenvalue weighted by Crippen LogP contribution is -2.49. The maximum absolute atomic E-state index is 12.6. The molecule has 1 N–H and O–H groups in total. The number of hydrogen-bond acceptors (Lipinski definition) is 4. The molecule has 0 saturated carbocycles. The summed E-state index contributed by atoms with van der Waals surface area (Å²) in [6.45, 7) is 4.41. The van der Waals surface area contributed by atoms with Gasteiger partial charge in [-0.1, -0.05) is 18.2 Å². The van der Waals surface area contributed by atoms with Gasteiger partial charge in [0.05, 0.1) is 6.42 Å². The summed E-state index contributed by atoms with van der Waals surface area (Å²) < 4.78 is 0. The van der Waals surface area contributed by atoms with Gasteiger partial charge in [0.25, 0.3) is 5.91 Å². The average Bonchev–Trinajstić information content (AvgIpc) is 2.97. The highest BCUT2D eigenvalue weighted by atomic mass is 16.2. The molecule has 3 aliphatic heterocycles. The second kappa shape index (κ2) is 7.62. The molecule has 2 amide bonds. The molecule has 3 aliphatic rings. The highest BCUT2D eigenvalue weighted by Gasteiger charge is 2.46. The zero-order chi connectivity index (χ0) is 19.6. The van der Waals surface area contributed by atoms with Crippen molar-refractivity contribution >= 4 is 23.3 Å². The van der Waals surface area contributed by atoms with E-state index in [1.165, 1.54) is 24.9 Å². The molecule has 1 aromatic rings. The molecule has 28 heavy (non-hydrogen) atoms. The molecule has 1 saturated heterocycles. The third kappa shape index (κ3) is 3.59. The minimum Gasteiger partial charge on any atom is -0.372 e. The molecule has 0 unspecified atom stereocenters. The fraction of sp³-hybridized carbons (Fsp3) is 0.409. The van der Waals surface area contributed by atoms with Crippen LogP contribution in [0.3, 0.4) is 0 Å². The lowest BCUT2D eigenvalue weighted by molar-refractivity contribution is -0.131. The summed E-state index contributed by atoms with van der Waals surface area (Å²) in [5.74, 6) is 0.164. The molecule has 1 aromatic carbocycles. The van der Waals surface area contributed by atoms with Crippen LogP contribution >= 0.6 is 0 Å². The number of hydrogen-bond donors (Lipinski definition) is 1. The average molecular weight is 378 g/mol. The third-order valence-corrected chi connectivity index (χ3v) is 5.67. The Balaban J connectivity index is 1.37. The molecular formula is C22H26N4O2. The van der Waals surface area contributed by atoms with Crippen LogP contribution in [0.25, 0.3) is 0 Å². The summed E-state index contributed by atoms with van der Waals surface area (Å²) in [5, 5.41) is 2.97. The van der Waals surface area contributed by atoms with Crippen molar-refractivity contribution < 1.29 is 9.59 Å². The largest absolute Gasteiger partial charge is 0.372 e. The fourth-order valence-corrected chi connectivity index (χ4v) is 4.02. The van der Waals surface area contributed by atoms with Crippen molar-refractivity contribution in [3.8, 4) is 0 Å². The molecule has 3 heterocycles. The summed E-state index contributed by atoms with van der Waals surface area (Å²) in [6, 6.07) is 8.34. The van der Waals surface area contributed by atoms with E-state index in [0.29, 0.717) is 12.4 Å². The summed E-state index contributed by atoms with van der Waals surface area (Å²) in [4.78, 5) is 33.3. The first-order valence-electron chi connectivity index (χ1n) is 9.94. The van der Waals surface area contributed by atoms with Crippen LogP contribution in [-0.2, 0) is 16.1 Å². The number of aliphatic imine (C=N–C) groups is 1. The highest BCUT2D eigenvalue weighted by molar-refractivity contribution is 6.13. The molecule has 0 aromatic heterocycles. The van der Waals surface area contributed by atoms with Crippen molar-refractivity contribution in [2.24, 2.45) is 4.99 Å². The van der Waals surface area contributed by atoms with E-state index >= 15 is 0 Å². The standard InChI is InChI=1S/C22H26N4O2/c1-22(21(28)24-19-10-3-6-13-26(19)22)15-20(27)23-16-17-8-7-9-18(14-17)25-11-4-2-5-12-25/h3,6-10,13-14H,2,4-5,11-12,15-16H2,1H3,(H,23,27)/t22-/m0/s1. The van der Waals surface area contributed by atoms with E-state index in [0.717, 1.165) is 18.7 Å². The number of nitrogens with one attached hydrogen (secondary N) is 1. The van der Waals surface area contributed by atoms with E-state index in [1.54, 1.807) is 24.1 Å². The molecule has 1 fully saturated rings. The number of carbonyl (C=O) groups is 2. The normalized spacial score (nSPS) is 23.6. The summed E-state index contributed by atoms with van der Waals surface area (Å²) in [7, 11) is 0. The van der Waals surface area contributed by atoms with Crippen molar-refractivity contribution in [1.29, 1.82) is 0 Å². The van der Waals surface area contributed by atoms with Gasteiger partial charge in [-0.3, -0.25) is 9.59 Å². The number of rotatable bonds is 5. The summed E-state index contributed by atoms with van der Waals surface area (Å²) in [6.07, 6.45) is 11.1. The molecule has 0 spiro atoms. The number of allylic oxidation sites excluding steroid dienone is 2. The number of fused-ring (bicyclic) bond motifs is 1. The molecule has 0 radical (unpaired) electrons. The molecule has 6 heteroatoms. The SMILES string of the molecule is C[C@]1(CC(=O)NCc2cccc(N3CCCCC3)c2)C(=O)N=C2C=CC=CN21. The van der Waals surface area contributed by atoms with Gasteiger partial charge in [0.15, 0.2) is 0 Å². The lowest BCUT2D eigenvalue weighted by atomic mass is 9.95. The van der Waals surface area contributed by atoms with E-state index in [4.69, 9.17) is 0 Å². The second-order valence-electron chi connectivity index (χ2n) is 7.79. The zero-order valence-corrected chi connectivity index (χ0v) is 16.2. The Morgan fingerprint density at radius 3 is 2.86 bits per heavy atom. The predicted octanol–water partition coefficient (Wildman–Crippen LogP) is 2.77. The molecular weight excluding hydrogens is 352 g/mol. The Labute approximate surface area is 165 Å². The molecule has 1 atom stereocenters. The lowest BCUT2D eigenvalue weighted by Gasteiger charge is -2.32. The van der Waals surface area contributed by atoms with Crippen LogP contribution in [0.1, 0.15) is 38.2 Å². The number of piperidine rings is 1. The van der Waals surface area contributed by atoms with Crippen molar-refractivity contribution in [3.05, 3.63) is 54.3 Å². The van der Waals surface area contributed by atoms with Gasteiger partial charge >= 0.3 is 0 Å². The van der Waals surface area contributed by atoms with Crippen LogP contribution < -0.4 is 10.2 Å². The van der Waals surface area contributed by atoms with E-state index in [2.05, 4.69) is 27.3 Å². The monoisotopic (exact) mass is 378 g/mol. The first-order chi connectivity index (χ1) is 13.6. The maximum Gasteiger partial charge on any atom is 0.274 e. The number of nitrogens with zero attached hydrogens (tertiary/aromatic N) is 3. The van der Waals surface area contributed by atoms with E-state index < -0.39 is 5.54 Å². The first-order valence-corrected chi connectivity index (χ1v) is 9.94. The Hall–Kier alpha value is -2.89. The van der Waals surface area contributed by atoms with Crippen LogP contribution in [0.2, 0.25) is 0 Å². The van der Waals surface area contributed by atoms with Crippen LogP contribution in [0.4, 0.5) is 5.69 Å². The smallest absolute Gasteiger partial charge is 0.274 e. The first kappa shape index (κ1) is 18.5. The van der Waals surface area contributed by atoms with Crippen LogP contribution in [-0.4, -0.2) is 41.2 Å². The maximum atomic E-state index is 12.6. The van der Waals surface area contributed by atoms with Gasteiger partial charge in [0.2, 0.25) is 5.91 Å².